The van der Waals surface area contributed by atoms with Crippen LogP contribution < -0.4 is 14.2 Å². The fourth-order valence-electron chi connectivity index (χ4n) is 1.70. The van der Waals surface area contributed by atoms with Crippen LogP contribution in [0.1, 0.15) is 0 Å². The molecular weight excluding hydrogens is 265 g/mol. The van der Waals surface area contributed by atoms with Crippen molar-refractivity contribution in [2.45, 2.75) is 0 Å². The van der Waals surface area contributed by atoms with Crippen LogP contribution in [0.2, 0.25) is 0 Å². The van der Waals surface area contributed by atoms with Crippen LogP contribution in [-0.2, 0) is 0 Å². The average Bonchev–Trinajstić information content (AvgIpc) is 2.43. The number of hydrogen-bond acceptors (Lipinski definition) is 5. The lowest BCUT2D eigenvalue weighted by Gasteiger charge is -2.12. The Hall–Kier alpha value is -2.25. The molecule has 5 nitrogen and oxygen atoms in total. The molecule has 0 aliphatic heterocycles. The summed E-state index contributed by atoms with van der Waals surface area (Å²) in [5, 5.41) is 6.11. The minimum absolute atomic E-state index is 0.300. The highest BCUT2D eigenvalue weighted by Crippen LogP contribution is 2.39. The predicted octanol–water partition coefficient (Wildman–Crippen LogP) is 2.07. The van der Waals surface area contributed by atoms with E-state index in [1.54, 1.807) is 0 Å². The second-order valence-corrected chi connectivity index (χ2v) is 3.44. The first kappa shape index (κ1) is 13.2. The monoisotopic (exact) mass is 274 g/mol. The van der Waals surface area contributed by atoms with E-state index in [0.717, 1.165) is 7.11 Å². The fraction of sp³-hybridized carbons (Fsp3) is 0.273. The summed E-state index contributed by atoms with van der Waals surface area (Å²) in [7, 11) is 3.39. The minimum Gasteiger partial charge on any atom is -0.491 e. The smallest absolute Gasteiger partial charge is 0.244 e. The van der Waals surface area contributed by atoms with Gasteiger partial charge in [0.05, 0.1) is 32.1 Å². The van der Waals surface area contributed by atoms with Crippen molar-refractivity contribution in [1.82, 2.24) is 10.2 Å². The van der Waals surface area contributed by atoms with Crippen LogP contribution in [0, 0.1) is 17.5 Å². The molecule has 0 unspecified atom stereocenters. The van der Waals surface area contributed by atoms with Crippen LogP contribution in [0.3, 0.4) is 0 Å². The molecule has 19 heavy (non-hydrogen) atoms. The van der Waals surface area contributed by atoms with Gasteiger partial charge in [0.25, 0.3) is 0 Å². The number of benzene rings is 1. The molecule has 0 saturated heterocycles. The van der Waals surface area contributed by atoms with Gasteiger partial charge in [-0.15, -0.1) is 10.2 Å². The molecule has 0 spiro atoms. The van der Waals surface area contributed by atoms with E-state index in [1.165, 1.54) is 14.2 Å². The fourth-order valence-corrected chi connectivity index (χ4v) is 1.70. The summed E-state index contributed by atoms with van der Waals surface area (Å²) < 4.78 is 55.8. The standard InChI is InChI=1S/C11H9F3N2O3/c1-17-9-7(13)5-4(6(12)8(9)14)10(18-2)15-16-11(5)19-3/h1-3H3. The van der Waals surface area contributed by atoms with Crippen molar-refractivity contribution in [2.75, 3.05) is 21.3 Å². The van der Waals surface area contributed by atoms with Gasteiger partial charge in [0, 0.05) is 0 Å². The number of hydrogen-bond donors (Lipinski definition) is 0. The molecule has 8 heteroatoms. The second kappa shape index (κ2) is 4.79. The van der Waals surface area contributed by atoms with E-state index >= 15 is 0 Å². The van der Waals surface area contributed by atoms with Gasteiger partial charge in [-0.1, -0.05) is 0 Å². The SMILES string of the molecule is COc1c(F)c(F)c2c(OC)nnc(OC)c2c1F. The number of halogens is 3. The molecule has 0 saturated carbocycles. The molecule has 2 rings (SSSR count). The number of rotatable bonds is 3. The Bertz CT molecular complexity index is 649. The predicted molar refractivity (Wildman–Crippen MR) is 59.1 cm³/mol. The van der Waals surface area contributed by atoms with Crippen molar-refractivity contribution in [3.63, 3.8) is 0 Å². The molecule has 1 heterocycles. The maximum atomic E-state index is 14.1. The highest BCUT2D eigenvalue weighted by Gasteiger charge is 2.27. The van der Waals surface area contributed by atoms with Crippen molar-refractivity contribution in [3.8, 4) is 17.5 Å². The molecule has 1 aromatic heterocycles. The van der Waals surface area contributed by atoms with Crippen molar-refractivity contribution < 1.29 is 27.4 Å². The molecular formula is C11H9F3N2O3. The Balaban J connectivity index is 3.05. The molecule has 0 atom stereocenters. The summed E-state index contributed by atoms with van der Waals surface area (Å²) in [6.45, 7) is 0. The van der Waals surface area contributed by atoms with Crippen LogP contribution >= 0.6 is 0 Å². The maximum Gasteiger partial charge on any atom is 0.244 e. The minimum atomic E-state index is -1.47. The summed E-state index contributed by atoms with van der Waals surface area (Å²) in [6.07, 6.45) is 0. The van der Waals surface area contributed by atoms with Crippen molar-refractivity contribution in [3.05, 3.63) is 17.5 Å². The van der Waals surface area contributed by atoms with Crippen molar-refractivity contribution in [1.29, 1.82) is 0 Å². The van der Waals surface area contributed by atoms with Gasteiger partial charge in [-0.05, 0) is 0 Å². The molecule has 2 aromatic rings. The second-order valence-electron chi connectivity index (χ2n) is 3.44. The lowest BCUT2D eigenvalue weighted by molar-refractivity contribution is 0.344. The van der Waals surface area contributed by atoms with Crippen LogP contribution in [0.15, 0.2) is 0 Å². The van der Waals surface area contributed by atoms with Gasteiger partial charge in [-0.3, -0.25) is 0 Å². The van der Waals surface area contributed by atoms with Gasteiger partial charge >= 0.3 is 0 Å². The molecule has 1 aromatic carbocycles. The van der Waals surface area contributed by atoms with E-state index in [-0.39, 0.29) is 11.8 Å². The van der Waals surface area contributed by atoms with Crippen LogP contribution in [-0.4, -0.2) is 31.5 Å². The van der Waals surface area contributed by atoms with Gasteiger partial charge in [0.1, 0.15) is 0 Å². The first-order chi connectivity index (χ1) is 9.06. The average molecular weight is 274 g/mol. The van der Waals surface area contributed by atoms with Crippen molar-refractivity contribution in [2.24, 2.45) is 0 Å². The van der Waals surface area contributed by atoms with Crippen molar-refractivity contribution >= 4 is 10.8 Å². The quantitative estimate of drug-likeness (QED) is 0.802. The van der Waals surface area contributed by atoms with Gasteiger partial charge in [0.2, 0.25) is 17.6 Å². The molecule has 0 N–H and O–H groups in total. The molecule has 102 valence electrons. The van der Waals surface area contributed by atoms with E-state index < -0.39 is 34.0 Å². The number of methoxy groups -OCH3 is 3. The highest BCUT2D eigenvalue weighted by atomic mass is 19.2. The van der Waals surface area contributed by atoms with E-state index in [0.29, 0.717) is 0 Å². The van der Waals surface area contributed by atoms with Gasteiger partial charge in [-0.25, -0.2) is 8.78 Å². The zero-order valence-electron chi connectivity index (χ0n) is 10.3. The summed E-state index contributed by atoms with van der Waals surface area (Å²) in [4.78, 5) is 0. The maximum absolute atomic E-state index is 14.1. The summed E-state index contributed by atoms with van der Waals surface area (Å²) in [5.41, 5.74) is 0. The third kappa shape index (κ3) is 1.79. The van der Waals surface area contributed by atoms with Crippen LogP contribution in [0.5, 0.6) is 17.5 Å². The first-order valence-electron chi connectivity index (χ1n) is 5.05. The number of fused-ring (bicyclic) bond motifs is 1. The topological polar surface area (TPSA) is 53.5 Å². The van der Waals surface area contributed by atoms with Gasteiger partial charge in [0.15, 0.2) is 17.4 Å². The lowest BCUT2D eigenvalue weighted by atomic mass is 10.1. The molecule has 0 amide bonds. The van der Waals surface area contributed by atoms with Crippen LogP contribution in [0.4, 0.5) is 13.2 Å². The zero-order valence-corrected chi connectivity index (χ0v) is 10.3. The Morgan fingerprint density at radius 3 is 1.58 bits per heavy atom. The third-order valence-corrected chi connectivity index (χ3v) is 2.53. The van der Waals surface area contributed by atoms with E-state index in [2.05, 4.69) is 14.9 Å². The van der Waals surface area contributed by atoms with Crippen LogP contribution in [0.25, 0.3) is 10.8 Å². The molecule has 0 aliphatic rings. The molecule has 0 aliphatic carbocycles. The number of nitrogens with zero attached hydrogens (tertiary/aromatic N) is 2. The summed E-state index contributed by atoms with van der Waals surface area (Å²) in [6, 6.07) is 0. The summed E-state index contributed by atoms with van der Waals surface area (Å²) >= 11 is 0. The largest absolute Gasteiger partial charge is 0.491 e. The number of aromatic nitrogens is 2. The molecule has 0 bridgehead atoms. The van der Waals surface area contributed by atoms with E-state index in [9.17, 15) is 13.2 Å². The number of ether oxygens (including phenoxy) is 3. The third-order valence-electron chi connectivity index (χ3n) is 2.53. The van der Waals surface area contributed by atoms with E-state index in [4.69, 9.17) is 9.47 Å². The Morgan fingerprint density at radius 2 is 1.16 bits per heavy atom. The Morgan fingerprint density at radius 1 is 0.684 bits per heavy atom. The Labute approximate surface area is 105 Å². The van der Waals surface area contributed by atoms with Gasteiger partial charge < -0.3 is 14.2 Å². The lowest BCUT2D eigenvalue weighted by Crippen LogP contribution is -2.04. The molecule has 0 radical (unpaired) electrons. The first-order valence-corrected chi connectivity index (χ1v) is 5.05. The summed E-state index contributed by atoms with van der Waals surface area (Å²) in [5.74, 6) is -5.47. The normalized spacial score (nSPS) is 10.6. The van der Waals surface area contributed by atoms with Gasteiger partial charge in [-0.2, -0.15) is 4.39 Å². The molecule has 0 fully saturated rings. The zero-order chi connectivity index (χ0) is 14.2. The van der Waals surface area contributed by atoms with E-state index in [1.807, 2.05) is 0 Å². The highest BCUT2D eigenvalue weighted by molar-refractivity contribution is 5.93. The Kier molecular flexibility index (Phi) is 3.32.